The highest BCUT2D eigenvalue weighted by Gasteiger charge is 2.04. The van der Waals surface area contributed by atoms with Crippen molar-refractivity contribution in [3.8, 4) is 16.9 Å². The Hall–Kier alpha value is -1.51. The second-order valence-corrected chi connectivity index (χ2v) is 4.74. The molecular formula is C16H18ClNO. The Morgan fingerprint density at radius 1 is 1.11 bits per heavy atom. The van der Waals surface area contributed by atoms with Crippen LogP contribution in [-0.2, 0) is 6.54 Å². The van der Waals surface area contributed by atoms with E-state index in [4.69, 9.17) is 16.3 Å². The van der Waals surface area contributed by atoms with Gasteiger partial charge in [0.15, 0.2) is 0 Å². The van der Waals surface area contributed by atoms with Crippen LogP contribution in [0.4, 0.5) is 0 Å². The van der Waals surface area contributed by atoms with Gasteiger partial charge in [-0.2, -0.15) is 0 Å². The zero-order valence-corrected chi connectivity index (χ0v) is 12.0. The summed E-state index contributed by atoms with van der Waals surface area (Å²) >= 11 is 6.17. The second kappa shape index (κ2) is 6.60. The van der Waals surface area contributed by atoms with Gasteiger partial charge in [-0.3, -0.25) is 0 Å². The molecule has 0 aliphatic carbocycles. The summed E-state index contributed by atoms with van der Waals surface area (Å²) in [5.74, 6) is 0.703. The molecule has 0 aromatic heterocycles. The molecule has 0 aliphatic rings. The second-order valence-electron chi connectivity index (χ2n) is 4.33. The van der Waals surface area contributed by atoms with Gasteiger partial charge < -0.3 is 10.1 Å². The van der Waals surface area contributed by atoms with Gasteiger partial charge in [-0.25, -0.2) is 0 Å². The van der Waals surface area contributed by atoms with Gasteiger partial charge in [-0.15, -0.1) is 0 Å². The third kappa shape index (κ3) is 3.49. The average molecular weight is 276 g/mol. The zero-order chi connectivity index (χ0) is 13.7. The standard InChI is InChI=1S/C16H18ClNO/c1-3-18-11-12-5-4-6-13(9-12)14-7-8-16(19-2)15(17)10-14/h4-10,18H,3,11H2,1-2H3. The van der Waals surface area contributed by atoms with Gasteiger partial charge in [-0.05, 0) is 41.4 Å². The molecule has 0 radical (unpaired) electrons. The summed E-state index contributed by atoms with van der Waals surface area (Å²) in [4.78, 5) is 0. The molecule has 0 aliphatic heterocycles. The maximum Gasteiger partial charge on any atom is 0.137 e. The van der Waals surface area contributed by atoms with E-state index in [1.165, 1.54) is 11.1 Å². The van der Waals surface area contributed by atoms with Crippen molar-refractivity contribution in [2.45, 2.75) is 13.5 Å². The van der Waals surface area contributed by atoms with Crippen LogP contribution >= 0.6 is 11.6 Å². The van der Waals surface area contributed by atoms with Crippen molar-refractivity contribution in [2.24, 2.45) is 0 Å². The van der Waals surface area contributed by atoms with Crippen LogP contribution in [0.3, 0.4) is 0 Å². The highest BCUT2D eigenvalue weighted by molar-refractivity contribution is 6.32. The van der Waals surface area contributed by atoms with E-state index in [-0.39, 0.29) is 0 Å². The first-order valence-electron chi connectivity index (χ1n) is 6.38. The first-order chi connectivity index (χ1) is 9.24. The summed E-state index contributed by atoms with van der Waals surface area (Å²) in [6.07, 6.45) is 0. The third-order valence-corrected chi connectivity index (χ3v) is 3.29. The molecule has 19 heavy (non-hydrogen) atoms. The van der Waals surface area contributed by atoms with Crippen LogP contribution in [-0.4, -0.2) is 13.7 Å². The maximum absolute atomic E-state index is 6.17. The van der Waals surface area contributed by atoms with Crippen molar-refractivity contribution in [2.75, 3.05) is 13.7 Å². The number of halogens is 1. The van der Waals surface area contributed by atoms with E-state index in [0.29, 0.717) is 10.8 Å². The molecule has 2 aromatic carbocycles. The van der Waals surface area contributed by atoms with Crippen LogP contribution in [0.25, 0.3) is 11.1 Å². The fraction of sp³-hybridized carbons (Fsp3) is 0.250. The van der Waals surface area contributed by atoms with Crippen LogP contribution in [0.2, 0.25) is 5.02 Å². The Morgan fingerprint density at radius 2 is 1.89 bits per heavy atom. The van der Waals surface area contributed by atoms with Gasteiger partial charge >= 0.3 is 0 Å². The molecule has 0 fully saturated rings. The first-order valence-corrected chi connectivity index (χ1v) is 6.76. The summed E-state index contributed by atoms with van der Waals surface area (Å²) in [7, 11) is 1.62. The van der Waals surface area contributed by atoms with Crippen LogP contribution in [0, 0.1) is 0 Å². The van der Waals surface area contributed by atoms with Crippen LogP contribution in [0.5, 0.6) is 5.75 Å². The topological polar surface area (TPSA) is 21.3 Å². The van der Waals surface area contributed by atoms with Crippen molar-refractivity contribution in [1.82, 2.24) is 5.32 Å². The van der Waals surface area contributed by atoms with Crippen LogP contribution in [0.1, 0.15) is 12.5 Å². The molecule has 2 aromatic rings. The smallest absolute Gasteiger partial charge is 0.137 e. The fourth-order valence-electron chi connectivity index (χ4n) is 1.98. The van der Waals surface area contributed by atoms with Gasteiger partial charge in [-0.1, -0.05) is 42.8 Å². The first kappa shape index (κ1) is 13.9. The average Bonchev–Trinajstić information content (AvgIpc) is 2.45. The predicted octanol–water partition coefficient (Wildman–Crippen LogP) is 4.13. The van der Waals surface area contributed by atoms with E-state index < -0.39 is 0 Å². The highest BCUT2D eigenvalue weighted by atomic mass is 35.5. The predicted molar refractivity (Wildman–Crippen MR) is 80.8 cm³/mol. The third-order valence-electron chi connectivity index (χ3n) is 2.99. The molecule has 100 valence electrons. The molecule has 0 saturated carbocycles. The summed E-state index contributed by atoms with van der Waals surface area (Å²) in [6.45, 7) is 3.96. The molecule has 0 atom stereocenters. The normalized spacial score (nSPS) is 10.5. The number of methoxy groups -OCH3 is 1. The molecule has 1 N–H and O–H groups in total. The van der Waals surface area contributed by atoms with Crippen molar-refractivity contribution in [1.29, 1.82) is 0 Å². The number of benzene rings is 2. The summed E-state index contributed by atoms with van der Waals surface area (Å²) in [6, 6.07) is 14.3. The van der Waals surface area contributed by atoms with Gasteiger partial charge in [0.1, 0.15) is 5.75 Å². The maximum atomic E-state index is 6.17. The zero-order valence-electron chi connectivity index (χ0n) is 11.2. The number of hydrogen-bond donors (Lipinski definition) is 1. The lowest BCUT2D eigenvalue weighted by atomic mass is 10.0. The van der Waals surface area contributed by atoms with E-state index in [2.05, 4.69) is 36.5 Å². The molecule has 0 bridgehead atoms. The highest BCUT2D eigenvalue weighted by Crippen LogP contribution is 2.30. The van der Waals surface area contributed by atoms with Gasteiger partial charge in [0.05, 0.1) is 12.1 Å². The van der Waals surface area contributed by atoms with E-state index in [1.54, 1.807) is 7.11 Å². The molecule has 0 unspecified atom stereocenters. The molecule has 0 saturated heterocycles. The van der Waals surface area contributed by atoms with Gasteiger partial charge in [0, 0.05) is 6.54 Å². The summed E-state index contributed by atoms with van der Waals surface area (Å²) < 4.78 is 5.17. The largest absolute Gasteiger partial charge is 0.495 e. The Labute approximate surface area is 119 Å². The van der Waals surface area contributed by atoms with Gasteiger partial charge in [0.25, 0.3) is 0 Å². The van der Waals surface area contributed by atoms with Gasteiger partial charge in [0.2, 0.25) is 0 Å². The lowest BCUT2D eigenvalue weighted by Crippen LogP contribution is -2.11. The minimum Gasteiger partial charge on any atom is -0.495 e. The number of ether oxygens (including phenoxy) is 1. The van der Waals surface area contributed by atoms with Crippen molar-refractivity contribution < 1.29 is 4.74 Å². The fourth-order valence-corrected chi connectivity index (χ4v) is 2.23. The Kier molecular flexibility index (Phi) is 4.83. The van der Waals surface area contributed by atoms with E-state index >= 15 is 0 Å². The minimum atomic E-state index is 0.636. The molecule has 3 heteroatoms. The molecule has 2 rings (SSSR count). The SMILES string of the molecule is CCNCc1cccc(-c2ccc(OC)c(Cl)c2)c1. The molecule has 2 nitrogen and oxygen atoms in total. The monoisotopic (exact) mass is 275 g/mol. The molecule has 0 heterocycles. The number of rotatable bonds is 5. The Balaban J connectivity index is 2.28. The minimum absolute atomic E-state index is 0.636. The molecule has 0 spiro atoms. The Bertz CT molecular complexity index is 554. The van der Waals surface area contributed by atoms with Crippen LogP contribution in [0.15, 0.2) is 42.5 Å². The van der Waals surface area contributed by atoms with E-state index in [9.17, 15) is 0 Å². The van der Waals surface area contributed by atoms with Crippen molar-refractivity contribution in [3.05, 3.63) is 53.1 Å². The van der Waals surface area contributed by atoms with E-state index in [0.717, 1.165) is 18.7 Å². The number of hydrogen-bond acceptors (Lipinski definition) is 2. The number of nitrogens with one attached hydrogen (secondary N) is 1. The van der Waals surface area contributed by atoms with Crippen molar-refractivity contribution >= 4 is 11.6 Å². The quantitative estimate of drug-likeness (QED) is 0.886. The summed E-state index contributed by atoms with van der Waals surface area (Å²) in [5.41, 5.74) is 3.54. The lowest BCUT2D eigenvalue weighted by Gasteiger charge is -2.08. The van der Waals surface area contributed by atoms with Crippen LogP contribution < -0.4 is 10.1 Å². The molecular weight excluding hydrogens is 258 g/mol. The summed E-state index contributed by atoms with van der Waals surface area (Å²) in [5, 5.41) is 3.96. The Morgan fingerprint density at radius 3 is 2.58 bits per heavy atom. The lowest BCUT2D eigenvalue weighted by molar-refractivity contribution is 0.415. The molecule has 0 amide bonds. The van der Waals surface area contributed by atoms with E-state index in [1.807, 2.05) is 18.2 Å². The van der Waals surface area contributed by atoms with Crippen molar-refractivity contribution in [3.63, 3.8) is 0 Å².